The van der Waals surface area contributed by atoms with Gasteiger partial charge >= 0.3 is 5.97 Å². The van der Waals surface area contributed by atoms with Crippen LogP contribution in [-0.4, -0.2) is 17.1 Å². The average molecular weight is 242 g/mol. The van der Waals surface area contributed by atoms with Gasteiger partial charge in [0.15, 0.2) is 0 Å². The van der Waals surface area contributed by atoms with Crippen LogP contribution in [0.15, 0.2) is 36.4 Å². The Bertz CT molecular complexity index is 338. The molecule has 1 atom stereocenters. The Morgan fingerprint density at radius 3 is 2.56 bits per heavy atom. The molecule has 0 saturated heterocycles. The molecule has 0 heterocycles. The maximum atomic E-state index is 10.3. The SMILES string of the molecule is Cl.N[C@@H](CC=Cc1ccccc1)CC(=O)O. The van der Waals surface area contributed by atoms with Gasteiger partial charge in [-0.3, -0.25) is 4.79 Å². The summed E-state index contributed by atoms with van der Waals surface area (Å²) in [6, 6.07) is 9.53. The van der Waals surface area contributed by atoms with Crippen LogP contribution in [-0.2, 0) is 4.79 Å². The first-order valence-electron chi connectivity index (χ1n) is 4.87. The largest absolute Gasteiger partial charge is 0.481 e. The van der Waals surface area contributed by atoms with Crippen LogP contribution in [0.5, 0.6) is 0 Å². The van der Waals surface area contributed by atoms with Crippen LogP contribution >= 0.6 is 12.4 Å². The minimum atomic E-state index is -0.851. The Kier molecular flexibility index (Phi) is 7.25. The van der Waals surface area contributed by atoms with Crippen molar-refractivity contribution >= 4 is 24.5 Å². The predicted octanol–water partition coefficient (Wildman–Crippen LogP) is 2.31. The third-order valence-corrected chi connectivity index (χ3v) is 1.99. The van der Waals surface area contributed by atoms with Crippen LogP contribution in [0.1, 0.15) is 18.4 Å². The molecule has 0 bridgehead atoms. The van der Waals surface area contributed by atoms with Gasteiger partial charge in [-0.05, 0) is 12.0 Å². The van der Waals surface area contributed by atoms with E-state index in [0.717, 1.165) is 5.56 Å². The number of carbonyl (C=O) groups is 1. The number of rotatable bonds is 5. The minimum Gasteiger partial charge on any atom is -0.481 e. The zero-order valence-electron chi connectivity index (χ0n) is 8.87. The average Bonchev–Trinajstić information content (AvgIpc) is 2.18. The number of halogens is 1. The molecule has 0 aliphatic rings. The van der Waals surface area contributed by atoms with Crippen LogP contribution in [0.2, 0.25) is 0 Å². The van der Waals surface area contributed by atoms with E-state index in [1.54, 1.807) is 0 Å². The summed E-state index contributed by atoms with van der Waals surface area (Å²) in [7, 11) is 0. The van der Waals surface area contributed by atoms with Gasteiger partial charge in [0.1, 0.15) is 0 Å². The maximum absolute atomic E-state index is 10.3. The molecule has 0 fully saturated rings. The lowest BCUT2D eigenvalue weighted by molar-refractivity contribution is -0.137. The third-order valence-electron chi connectivity index (χ3n) is 1.99. The van der Waals surface area contributed by atoms with Crippen LogP contribution < -0.4 is 5.73 Å². The van der Waals surface area contributed by atoms with E-state index < -0.39 is 5.97 Å². The molecule has 3 N–H and O–H groups in total. The zero-order chi connectivity index (χ0) is 11.1. The lowest BCUT2D eigenvalue weighted by Gasteiger charge is -2.03. The summed E-state index contributed by atoms with van der Waals surface area (Å²) in [5.41, 5.74) is 6.70. The second-order valence-electron chi connectivity index (χ2n) is 3.41. The van der Waals surface area contributed by atoms with Crippen LogP contribution in [0.4, 0.5) is 0 Å². The molecule has 4 heteroatoms. The molecular formula is C12H16ClNO2. The highest BCUT2D eigenvalue weighted by Crippen LogP contribution is 2.03. The summed E-state index contributed by atoms with van der Waals surface area (Å²) >= 11 is 0. The van der Waals surface area contributed by atoms with Gasteiger partial charge in [0.05, 0.1) is 6.42 Å². The summed E-state index contributed by atoms with van der Waals surface area (Å²) in [5, 5.41) is 8.50. The molecule has 1 aromatic rings. The van der Waals surface area contributed by atoms with E-state index in [1.165, 1.54) is 0 Å². The lowest BCUT2D eigenvalue weighted by Crippen LogP contribution is -2.22. The number of hydrogen-bond donors (Lipinski definition) is 2. The number of hydrogen-bond acceptors (Lipinski definition) is 2. The van der Waals surface area contributed by atoms with E-state index in [-0.39, 0.29) is 24.9 Å². The predicted molar refractivity (Wildman–Crippen MR) is 67.6 cm³/mol. The molecule has 88 valence electrons. The molecule has 1 rings (SSSR count). The second kappa shape index (κ2) is 7.91. The first-order chi connectivity index (χ1) is 7.18. The van der Waals surface area contributed by atoms with E-state index >= 15 is 0 Å². The maximum Gasteiger partial charge on any atom is 0.304 e. The Balaban J connectivity index is 0.00000225. The van der Waals surface area contributed by atoms with Crippen molar-refractivity contribution < 1.29 is 9.90 Å². The quantitative estimate of drug-likeness (QED) is 0.832. The number of carboxylic acids is 1. The van der Waals surface area contributed by atoms with Crippen molar-refractivity contribution in [2.75, 3.05) is 0 Å². The Hall–Kier alpha value is -1.32. The zero-order valence-corrected chi connectivity index (χ0v) is 9.69. The molecule has 0 aliphatic heterocycles. The van der Waals surface area contributed by atoms with Crippen LogP contribution in [0, 0.1) is 0 Å². The van der Waals surface area contributed by atoms with Gasteiger partial charge in [0.2, 0.25) is 0 Å². The minimum absolute atomic E-state index is 0. The van der Waals surface area contributed by atoms with Crippen molar-refractivity contribution in [3.05, 3.63) is 42.0 Å². The van der Waals surface area contributed by atoms with Gasteiger partial charge in [-0.1, -0.05) is 42.5 Å². The standard InChI is InChI=1S/C12H15NO2.ClH/c13-11(9-12(14)15)8-4-7-10-5-2-1-3-6-10;/h1-7,11H,8-9,13H2,(H,14,15);1H/t11-;/m0./s1. The fourth-order valence-electron chi connectivity index (χ4n) is 1.25. The highest BCUT2D eigenvalue weighted by molar-refractivity contribution is 5.85. The third kappa shape index (κ3) is 6.22. The van der Waals surface area contributed by atoms with E-state index in [0.29, 0.717) is 6.42 Å². The van der Waals surface area contributed by atoms with E-state index in [1.807, 2.05) is 42.5 Å². The fraction of sp³-hybridized carbons (Fsp3) is 0.250. The van der Waals surface area contributed by atoms with Crippen molar-refractivity contribution in [3.8, 4) is 0 Å². The summed E-state index contributed by atoms with van der Waals surface area (Å²) in [6.07, 6.45) is 4.45. The number of benzene rings is 1. The Morgan fingerprint density at radius 2 is 2.00 bits per heavy atom. The van der Waals surface area contributed by atoms with E-state index in [2.05, 4.69) is 0 Å². The molecule has 0 aliphatic carbocycles. The van der Waals surface area contributed by atoms with Gasteiger partial charge < -0.3 is 10.8 Å². The highest BCUT2D eigenvalue weighted by atomic mass is 35.5. The van der Waals surface area contributed by atoms with Crippen molar-refractivity contribution in [1.82, 2.24) is 0 Å². The topological polar surface area (TPSA) is 63.3 Å². The van der Waals surface area contributed by atoms with Gasteiger partial charge in [0.25, 0.3) is 0 Å². The first-order valence-corrected chi connectivity index (χ1v) is 4.87. The van der Waals surface area contributed by atoms with Gasteiger partial charge in [-0.25, -0.2) is 0 Å². The van der Waals surface area contributed by atoms with Crippen molar-refractivity contribution in [2.45, 2.75) is 18.9 Å². The summed E-state index contributed by atoms with van der Waals surface area (Å²) in [4.78, 5) is 10.3. The monoisotopic (exact) mass is 241 g/mol. The number of aliphatic carboxylic acids is 1. The van der Waals surface area contributed by atoms with Crippen molar-refractivity contribution in [2.24, 2.45) is 5.73 Å². The number of nitrogens with two attached hydrogens (primary N) is 1. The molecule has 1 aromatic carbocycles. The molecule has 0 unspecified atom stereocenters. The molecule has 0 radical (unpaired) electrons. The summed E-state index contributed by atoms with van der Waals surface area (Å²) < 4.78 is 0. The van der Waals surface area contributed by atoms with Crippen molar-refractivity contribution in [1.29, 1.82) is 0 Å². The normalized spacial score (nSPS) is 12.1. The smallest absolute Gasteiger partial charge is 0.304 e. The van der Waals surface area contributed by atoms with E-state index in [4.69, 9.17) is 10.8 Å². The summed E-state index contributed by atoms with van der Waals surface area (Å²) in [5.74, 6) is -0.851. The van der Waals surface area contributed by atoms with Crippen LogP contribution in [0.25, 0.3) is 6.08 Å². The lowest BCUT2D eigenvalue weighted by atomic mass is 10.1. The molecule has 0 amide bonds. The van der Waals surface area contributed by atoms with E-state index in [9.17, 15) is 4.79 Å². The number of carboxylic acid groups (broad SMARTS) is 1. The van der Waals surface area contributed by atoms with Gasteiger partial charge in [-0.15, -0.1) is 12.4 Å². The Labute approximate surface area is 101 Å². The molecular weight excluding hydrogens is 226 g/mol. The molecule has 16 heavy (non-hydrogen) atoms. The molecule has 0 spiro atoms. The van der Waals surface area contributed by atoms with Crippen LogP contribution in [0.3, 0.4) is 0 Å². The fourth-order valence-corrected chi connectivity index (χ4v) is 1.25. The molecule has 0 aromatic heterocycles. The van der Waals surface area contributed by atoms with Gasteiger partial charge in [0, 0.05) is 6.04 Å². The first kappa shape index (κ1) is 14.7. The summed E-state index contributed by atoms with van der Waals surface area (Å²) in [6.45, 7) is 0. The molecule has 0 saturated carbocycles. The highest BCUT2D eigenvalue weighted by Gasteiger charge is 2.04. The molecule has 3 nitrogen and oxygen atoms in total. The Morgan fingerprint density at radius 1 is 1.38 bits per heavy atom. The second-order valence-corrected chi connectivity index (χ2v) is 3.41. The van der Waals surface area contributed by atoms with Crippen molar-refractivity contribution in [3.63, 3.8) is 0 Å². The van der Waals surface area contributed by atoms with Gasteiger partial charge in [-0.2, -0.15) is 0 Å².